The highest BCUT2D eigenvalue weighted by atomic mass is 79.9. The molecule has 6 heteroatoms. The number of benzene rings is 1. The van der Waals surface area contributed by atoms with Crippen LogP contribution in [0.4, 0.5) is 5.69 Å². The van der Waals surface area contributed by atoms with Gasteiger partial charge in [0.1, 0.15) is 0 Å². The third-order valence-corrected chi connectivity index (χ3v) is 3.98. The van der Waals surface area contributed by atoms with E-state index in [0.717, 1.165) is 22.3 Å². The second kappa shape index (κ2) is 5.40. The fourth-order valence-electron chi connectivity index (χ4n) is 2.83. The van der Waals surface area contributed by atoms with E-state index >= 15 is 0 Å². The minimum absolute atomic E-state index is 0.182. The predicted octanol–water partition coefficient (Wildman–Crippen LogP) is 3.86. The van der Waals surface area contributed by atoms with Crippen molar-refractivity contribution >= 4 is 21.6 Å². The zero-order valence-electron chi connectivity index (χ0n) is 13.2. The molecule has 0 aliphatic rings. The van der Waals surface area contributed by atoms with E-state index in [1.165, 1.54) is 0 Å². The van der Waals surface area contributed by atoms with Gasteiger partial charge in [0, 0.05) is 15.7 Å². The van der Waals surface area contributed by atoms with Gasteiger partial charge in [0.2, 0.25) is 0 Å². The Kier molecular flexibility index (Phi) is 4.10. The molecule has 114 valence electrons. The highest BCUT2D eigenvalue weighted by Gasteiger charge is 2.31. The monoisotopic (exact) mass is 351 g/mol. The Labute approximate surface area is 134 Å². The van der Waals surface area contributed by atoms with Gasteiger partial charge in [0.15, 0.2) is 5.82 Å². The summed E-state index contributed by atoms with van der Waals surface area (Å²) in [5.41, 5.74) is 7.56. The molecule has 2 aromatic rings. The first-order chi connectivity index (χ1) is 9.60. The van der Waals surface area contributed by atoms with Crippen molar-refractivity contribution in [3.63, 3.8) is 0 Å². The normalized spacial score (nSPS) is 12.7. The molecule has 0 atom stereocenters. The lowest BCUT2D eigenvalue weighted by Crippen LogP contribution is -2.33. The number of nitrogens with zero attached hydrogens (tertiary/aromatic N) is 4. The number of aromatic nitrogens is 4. The Balaban J connectivity index is 2.45. The van der Waals surface area contributed by atoms with Crippen LogP contribution in [0.1, 0.15) is 41.0 Å². The largest absolute Gasteiger partial charge is 0.398 e. The number of halogens is 1. The average molecular weight is 352 g/mol. The van der Waals surface area contributed by atoms with Gasteiger partial charge >= 0.3 is 0 Å². The van der Waals surface area contributed by atoms with Crippen molar-refractivity contribution in [2.75, 3.05) is 5.73 Å². The Bertz CT molecular complexity index is 640. The van der Waals surface area contributed by atoms with Gasteiger partial charge in [-0.2, -0.15) is 0 Å². The van der Waals surface area contributed by atoms with Crippen molar-refractivity contribution in [3.05, 3.63) is 22.7 Å². The summed E-state index contributed by atoms with van der Waals surface area (Å²) in [6, 6.07) is 5.77. The summed E-state index contributed by atoms with van der Waals surface area (Å²) in [5.74, 6) is 0.739. The van der Waals surface area contributed by atoms with Crippen LogP contribution < -0.4 is 5.73 Å². The van der Waals surface area contributed by atoms with Crippen LogP contribution in [0.15, 0.2) is 22.7 Å². The molecule has 0 spiro atoms. The van der Waals surface area contributed by atoms with Gasteiger partial charge in [-0.15, -0.1) is 5.10 Å². The standard InChI is InChI=1S/C15H22BrN5/c1-14(2,3)9-15(4,5)21-13(18-19-20-21)10-6-7-11(16)12(17)8-10/h6-8H,9,17H2,1-5H3. The lowest BCUT2D eigenvalue weighted by molar-refractivity contribution is 0.197. The van der Waals surface area contributed by atoms with Crippen LogP contribution in [0.5, 0.6) is 0 Å². The Hall–Kier alpha value is -1.43. The maximum absolute atomic E-state index is 5.96. The van der Waals surface area contributed by atoms with Crippen LogP contribution in [0, 0.1) is 5.41 Å². The van der Waals surface area contributed by atoms with Crippen molar-refractivity contribution in [1.29, 1.82) is 0 Å². The second-order valence-electron chi connectivity index (χ2n) is 7.20. The second-order valence-corrected chi connectivity index (χ2v) is 8.05. The maximum Gasteiger partial charge on any atom is 0.182 e. The Morgan fingerprint density at radius 3 is 2.43 bits per heavy atom. The van der Waals surface area contributed by atoms with Crippen molar-refractivity contribution < 1.29 is 0 Å². The maximum atomic E-state index is 5.96. The minimum atomic E-state index is -0.182. The van der Waals surface area contributed by atoms with Crippen molar-refractivity contribution in [2.45, 2.75) is 46.6 Å². The van der Waals surface area contributed by atoms with Crippen molar-refractivity contribution in [3.8, 4) is 11.4 Å². The smallest absolute Gasteiger partial charge is 0.182 e. The number of tetrazole rings is 1. The molecule has 0 unspecified atom stereocenters. The van der Waals surface area contributed by atoms with Crippen molar-refractivity contribution in [2.24, 2.45) is 5.41 Å². The summed E-state index contributed by atoms with van der Waals surface area (Å²) in [6.07, 6.45) is 0.962. The van der Waals surface area contributed by atoms with Crippen molar-refractivity contribution in [1.82, 2.24) is 20.2 Å². The molecule has 1 aromatic carbocycles. The molecular weight excluding hydrogens is 330 g/mol. The third-order valence-electron chi connectivity index (χ3n) is 3.26. The first-order valence-electron chi connectivity index (χ1n) is 6.94. The molecule has 0 amide bonds. The van der Waals surface area contributed by atoms with Gasteiger partial charge in [-0.3, -0.25) is 0 Å². The van der Waals surface area contributed by atoms with E-state index in [0.29, 0.717) is 5.69 Å². The van der Waals surface area contributed by atoms with Crippen LogP contribution >= 0.6 is 15.9 Å². The first-order valence-corrected chi connectivity index (χ1v) is 7.74. The Morgan fingerprint density at radius 1 is 1.19 bits per heavy atom. The lowest BCUT2D eigenvalue weighted by Gasteiger charge is -2.32. The zero-order valence-corrected chi connectivity index (χ0v) is 14.8. The van der Waals surface area contributed by atoms with E-state index in [1.807, 2.05) is 22.9 Å². The lowest BCUT2D eigenvalue weighted by atomic mass is 9.82. The molecule has 0 aliphatic carbocycles. The summed E-state index contributed by atoms with van der Waals surface area (Å²) in [7, 11) is 0. The fourth-order valence-corrected chi connectivity index (χ4v) is 3.08. The zero-order chi connectivity index (χ0) is 15.8. The topological polar surface area (TPSA) is 69.6 Å². The number of hydrogen-bond acceptors (Lipinski definition) is 4. The third kappa shape index (κ3) is 3.61. The summed E-state index contributed by atoms with van der Waals surface area (Å²) in [6.45, 7) is 11.0. The summed E-state index contributed by atoms with van der Waals surface area (Å²) >= 11 is 3.41. The average Bonchev–Trinajstić information content (AvgIpc) is 2.79. The minimum Gasteiger partial charge on any atom is -0.398 e. The number of nitrogen functional groups attached to an aromatic ring is 1. The quantitative estimate of drug-likeness (QED) is 0.852. The first kappa shape index (κ1) is 15.9. The number of nitrogens with two attached hydrogens (primary N) is 1. The van der Waals surface area contributed by atoms with Crippen LogP contribution in [0.3, 0.4) is 0 Å². The molecule has 5 nitrogen and oxygen atoms in total. The highest BCUT2D eigenvalue weighted by Crippen LogP contribution is 2.34. The predicted molar refractivity (Wildman–Crippen MR) is 88.8 cm³/mol. The fraction of sp³-hybridized carbons (Fsp3) is 0.533. The molecule has 2 rings (SSSR count). The molecule has 0 radical (unpaired) electrons. The SMILES string of the molecule is CC(C)(C)CC(C)(C)n1nnnc1-c1ccc(Br)c(N)c1. The summed E-state index contributed by atoms with van der Waals surface area (Å²) in [5, 5.41) is 12.2. The van der Waals surface area contributed by atoms with E-state index in [2.05, 4.69) is 66.1 Å². The van der Waals surface area contributed by atoms with Gasteiger partial charge in [0.25, 0.3) is 0 Å². The molecule has 0 saturated heterocycles. The summed E-state index contributed by atoms with van der Waals surface area (Å²) in [4.78, 5) is 0. The number of anilines is 1. The van der Waals surface area contributed by atoms with Crippen LogP contribution in [0.2, 0.25) is 0 Å². The molecule has 0 bridgehead atoms. The van der Waals surface area contributed by atoms with E-state index in [-0.39, 0.29) is 11.0 Å². The van der Waals surface area contributed by atoms with Gasteiger partial charge in [-0.05, 0) is 70.2 Å². The Morgan fingerprint density at radius 2 is 1.86 bits per heavy atom. The molecule has 0 saturated carbocycles. The van der Waals surface area contributed by atoms with E-state index < -0.39 is 0 Å². The van der Waals surface area contributed by atoms with Gasteiger partial charge in [-0.1, -0.05) is 20.8 Å². The van der Waals surface area contributed by atoms with E-state index in [4.69, 9.17) is 5.73 Å². The van der Waals surface area contributed by atoms with Crippen LogP contribution in [0.25, 0.3) is 11.4 Å². The summed E-state index contributed by atoms with van der Waals surface area (Å²) < 4.78 is 2.76. The van der Waals surface area contributed by atoms with Gasteiger partial charge < -0.3 is 5.73 Å². The van der Waals surface area contributed by atoms with Gasteiger partial charge in [0.05, 0.1) is 5.54 Å². The molecule has 2 N–H and O–H groups in total. The van der Waals surface area contributed by atoms with Crippen LogP contribution in [-0.4, -0.2) is 20.2 Å². The van der Waals surface area contributed by atoms with E-state index in [9.17, 15) is 0 Å². The molecule has 1 heterocycles. The highest BCUT2D eigenvalue weighted by molar-refractivity contribution is 9.10. The molecule has 0 fully saturated rings. The molecule has 0 aliphatic heterocycles. The molecule has 1 aromatic heterocycles. The molecular formula is C15H22BrN5. The van der Waals surface area contributed by atoms with Gasteiger partial charge in [-0.25, -0.2) is 4.68 Å². The number of rotatable bonds is 3. The van der Waals surface area contributed by atoms with Crippen LogP contribution in [-0.2, 0) is 5.54 Å². The molecule has 21 heavy (non-hydrogen) atoms. The van der Waals surface area contributed by atoms with E-state index in [1.54, 1.807) is 0 Å². The number of hydrogen-bond donors (Lipinski definition) is 1.